The molecule has 0 saturated carbocycles. The Hall–Kier alpha value is -3.80. The summed E-state index contributed by atoms with van der Waals surface area (Å²) in [6.45, 7) is 3.27. The van der Waals surface area contributed by atoms with Gasteiger partial charge in [0.15, 0.2) is 5.82 Å². The van der Waals surface area contributed by atoms with Crippen molar-refractivity contribution in [2.75, 3.05) is 11.9 Å². The quantitative estimate of drug-likeness (QED) is 0.350. The average Bonchev–Trinajstić information content (AvgIpc) is 3.21. The van der Waals surface area contributed by atoms with Crippen LogP contribution in [0.1, 0.15) is 35.7 Å². The smallest absolute Gasteiger partial charge is 0.256 e. The zero-order valence-corrected chi connectivity index (χ0v) is 17.4. The van der Waals surface area contributed by atoms with Crippen LogP contribution in [0.25, 0.3) is 10.9 Å². The summed E-state index contributed by atoms with van der Waals surface area (Å²) in [5.74, 6) is 1.70. The lowest BCUT2D eigenvalue weighted by atomic mass is 10.2. The zero-order valence-electron chi connectivity index (χ0n) is 17.4. The van der Waals surface area contributed by atoms with Crippen LogP contribution in [0.3, 0.4) is 0 Å². The summed E-state index contributed by atoms with van der Waals surface area (Å²) in [6, 6.07) is 22.7. The van der Waals surface area contributed by atoms with E-state index < -0.39 is 0 Å². The number of anilines is 1. The number of rotatable bonds is 9. The maximum absolute atomic E-state index is 12.7. The number of carbonyl (C=O) groups excluding carboxylic acids is 1. The number of nitrogens with one attached hydrogen (secondary N) is 2. The first kappa shape index (κ1) is 20.5. The van der Waals surface area contributed by atoms with Crippen molar-refractivity contribution in [2.45, 2.75) is 26.4 Å². The highest BCUT2D eigenvalue weighted by Gasteiger charge is 2.12. The van der Waals surface area contributed by atoms with E-state index >= 15 is 0 Å². The van der Waals surface area contributed by atoms with Gasteiger partial charge in [-0.2, -0.15) is 5.10 Å². The molecule has 1 amide bonds. The van der Waals surface area contributed by atoms with Gasteiger partial charge in [-0.3, -0.25) is 9.89 Å². The number of aromatic amines is 1. The number of hydrogen-bond acceptors (Lipinski definition) is 4. The number of amides is 1. The fraction of sp³-hybridized carbons (Fsp3) is 0.200. The van der Waals surface area contributed by atoms with Crippen molar-refractivity contribution < 1.29 is 14.3 Å². The lowest BCUT2D eigenvalue weighted by Gasteiger charge is -2.08. The van der Waals surface area contributed by atoms with Gasteiger partial charge >= 0.3 is 0 Å². The Morgan fingerprint density at radius 1 is 0.968 bits per heavy atom. The van der Waals surface area contributed by atoms with E-state index in [-0.39, 0.29) is 5.91 Å². The third kappa shape index (κ3) is 5.22. The van der Waals surface area contributed by atoms with Crippen LogP contribution < -0.4 is 14.8 Å². The summed E-state index contributed by atoms with van der Waals surface area (Å²) in [5.41, 5.74) is 2.45. The van der Waals surface area contributed by atoms with Crippen LogP contribution in [-0.2, 0) is 6.61 Å². The van der Waals surface area contributed by atoms with E-state index in [0.717, 1.165) is 35.1 Å². The number of carbonyl (C=O) groups is 1. The summed E-state index contributed by atoms with van der Waals surface area (Å²) in [5, 5.41) is 10.9. The number of ether oxygens (including phenoxy) is 2. The molecule has 1 heterocycles. The van der Waals surface area contributed by atoms with E-state index in [1.807, 2.05) is 60.7 Å². The van der Waals surface area contributed by atoms with Gasteiger partial charge in [0.2, 0.25) is 0 Å². The minimum atomic E-state index is -0.232. The van der Waals surface area contributed by atoms with E-state index in [2.05, 4.69) is 22.4 Å². The van der Waals surface area contributed by atoms with E-state index in [9.17, 15) is 4.79 Å². The number of unbranched alkanes of at least 4 members (excludes halogenated alkanes) is 1. The summed E-state index contributed by atoms with van der Waals surface area (Å²) in [6.07, 6.45) is 2.09. The Kier molecular flexibility index (Phi) is 6.47. The van der Waals surface area contributed by atoms with Gasteiger partial charge < -0.3 is 14.8 Å². The van der Waals surface area contributed by atoms with E-state index in [4.69, 9.17) is 9.47 Å². The first-order valence-electron chi connectivity index (χ1n) is 10.4. The number of aromatic nitrogens is 2. The molecule has 0 bridgehead atoms. The standard InChI is InChI=1S/C25H25N3O3/c1-2-3-15-30-20-11-9-19(10-12-20)25(29)26-24-22-16-21(13-14-23(22)27-28-24)31-17-18-7-5-4-6-8-18/h4-14,16H,2-3,15,17H2,1H3,(H2,26,27,28,29). The predicted molar refractivity (Wildman–Crippen MR) is 122 cm³/mol. The fourth-order valence-electron chi connectivity index (χ4n) is 3.14. The molecule has 0 spiro atoms. The molecule has 4 rings (SSSR count). The summed E-state index contributed by atoms with van der Waals surface area (Å²) >= 11 is 0. The van der Waals surface area contributed by atoms with Gasteiger partial charge in [-0.25, -0.2) is 0 Å². The monoisotopic (exact) mass is 415 g/mol. The number of H-pyrrole nitrogens is 1. The van der Waals surface area contributed by atoms with Crippen LogP contribution >= 0.6 is 0 Å². The molecule has 0 atom stereocenters. The van der Waals surface area contributed by atoms with E-state index in [0.29, 0.717) is 30.3 Å². The molecule has 2 N–H and O–H groups in total. The zero-order chi connectivity index (χ0) is 21.5. The highest BCUT2D eigenvalue weighted by Crippen LogP contribution is 2.26. The lowest BCUT2D eigenvalue weighted by molar-refractivity contribution is 0.102. The molecule has 1 aromatic heterocycles. The van der Waals surface area contributed by atoms with Crippen molar-refractivity contribution >= 4 is 22.6 Å². The van der Waals surface area contributed by atoms with Crippen molar-refractivity contribution in [3.63, 3.8) is 0 Å². The molecule has 4 aromatic rings. The molecule has 3 aromatic carbocycles. The fourth-order valence-corrected chi connectivity index (χ4v) is 3.14. The number of fused-ring (bicyclic) bond motifs is 1. The molecule has 0 fully saturated rings. The maximum Gasteiger partial charge on any atom is 0.256 e. The summed E-state index contributed by atoms with van der Waals surface area (Å²) in [7, 11) is 0. The number of hydrogen-bond donors (Lipinski definition) is 2. The van der Waals surface area contributed by atoms with Crippen molar-refractivity contribution in [3.8, 4) is 11.5 Å². The molecule has 0 radical (unpaired) electrons. The number of nitrogens with zero attached hydrogens (tertiary/aromatic N) is 1. The van der Waals surface area contributed by atoms with Crippen LogP contribution in [0.5, 0.6) is 11.5 Å². The molecule has 6 heteroatoms. The van der Waals surface area contributed by atoms with Crippen LogP contribution in [0.4, 0.5) is 5.82 Å². The SMILES string of the molecule is CCCCOc1ccc(C(=O)Nc2n[nH]c3ccc(OCc4ccccc4)cc23)cc1. The normalized spacial score (nSPS) is 10.7. The van der Waals surface area contributed by atoms with Gasteiger partial charge in [-0.1, -0.05) is 43.7 Å². The second kappa shape index (κ2) is 9.80. The Bertz CT molecular complexity index is 1140. The summed E-state index contributed by atoms with van der Waals surface area (Å²) in [4.78, 5) is 12.7. The molecular formula is C25H25N3O3. The van der Waals surface area contributed by atoms with Gasteiger partial charge in [-0.15, -0.1) is 0 Å². The minimum Gasteiger partial charge on any atom is -0.494 e. The first-order valence-corrected chi connectivity index (χ1v) is 10.4. The summed E-state index contributed by atoms with van der Waals surface area (Å²) < 4.78 is 11.5. The Morgan fingerprint density at radius 3 is 2.52 bits per heavy atom. The van der Waals surface area contributed by atoms with Crippen LogP contribution in [0, 0.1) is 0 Å². The van der Waals surface area contributed by atoms with Crippen LogP contribution in [-0.4, -0.2) is 22.7 Å². The van der Waals surface area contributed by atoms with Gasteiger partial charge in [0.25, 0.3) is 5.91 Å². The van der Waals surface area contributed by atoms with Crippen molar-refractivity contribution in [3.05, 3.63) is 83.9 Å². The first-order chi connectivity index (χ1) is 15.2. The maximum atomic E-state index is 12.7. The second-order valence-corrected chi connectivity index (χ2v) is 7.23. The van der Waals surface area contributed by atoms with Crippen molar-refractivity contribution in [1.82, 2.24) is 10.2 Å². The molecule has 0 saturated heterocycles. The van der Waals surface area contributed by atoms with Crippen molar-refractivity contribution in [2.24, 2.45) is 0 Å². The van der Waals surface area contributed by atoms with Crippen molar-refractivity contribution in [1.29, 1.82) is 0 Å². The topological polar surface area (TPSA) is 76.2 Å². The highest BCUT2D eigenvalue weighted by molar-refractivity contribution is 6.08. The molecule has 158 valence electrons. The Labute approximate surface area is 181 Å². The van der Waals surface area contributed by atoms with Gasteiger partial charge in [0.05, 0.1) is 12.1 Å². The third-order valence-corrected chi connectivity index (χ3v) is 4.90. The van der Waals surface area contributed by atoms with Crippen LogP contribution in [0.2, 0.25) is 0 Å². The van der Waals surface area contributed by atoms with Crippen LogP contribution in [0.15, 0.2) is 72.8 Å². The third-order valence-electron chi connectivity index (χ3n) is 4.90. The average molecular weight is 415 g/mol. The molecule has 0 unspecified atom stereocenters. The largest absolute Gasteiger partial charge is 0.494 e. The molecule has 6 nitrogen and oxygen atoms in total. The molecule has 0 aliphatic rings. The van der Waals surface area contributed by atoms with Gasteiger partial charge in [-0.05, 0) is 54.4 Å². The molecule has 0 aliphatic heterocycles. The second-order valence-electron chi connectivity index (χ2n) is 7.23. The predicted octanol–water partition coefficient (Wildman–Crippen LogP) is 5.57. The minimum absolute atomic E-state index is 0.232. The van der Waals surface area contributed by atoms with Gasteiger partial charge in [0, 0.05) is 10.9 Å². The molecular weight excluding hydrogens is 390 g/mol. The Balaban J connectivity index is 1.43. The molecule has 31 heavy (non-hydrogen) atoms. The number of benzene rings is 3. The van der Waals surface area contributed by atoms with E-state index in [1.54, 1.807) is 12.1 Å². The molecule has 0 aliphatic carbocycles. The van der Waals surface area contributed by atoms with E-state index in [1.165, 1.54) is 0 Å². The lowest BCUT2D eigenvalue weighted by Crippen LogP contribution is -2.12. The van der Waals surface area contributed by atoms with Gasteiger partial charge in [0.1, 0.15) is 18.1 Å². The highest BCUT2D eigenvalue weighted by atomic mass is 16.5. The Morgan fingerprint density at radius 2 is 1.74 bits per heavy atom.